The molecule has 0 aromatic heterocycles. The van der Waals surface area contributed by atoms with Crippen LogP contribution in [0.2, 0.25) is 0 Å². The minimum absolute atomic E-state index is 0.285. The summed E-state index contributed by atoms with van der Waals surface area (Å²) >= 11 is 0. The van der Waals surface area contributed by atoms with Gasteiger partial charge in [0.2, 0.25) is 0 Å². The Morgan fingerprint density at radius 1 is 0.857 bits per heavy atom. The zero-order valence-electron chi connectivity index (χ0n) is 17.6. The van der Waals surface area contributed by atoms with Gasteiger partial charge < -0.3 is 14.3 Å². The number of unbranched alkanes of at least 4 members (excludes halogenated alkanes) is 1. The highest BCUT2D eigenvalue weighted by Gasteiger charge is 2.26. The van der Waals surface area contributed by atoms with Gasteiger partial charge >= 0.3 is 0 Å². The lowest BCUT2D eigenvalue weighted by Crippen LogP contribution is -2.17. The Bertz CT molecular complexity index is 834. The van der Waals surface area contributed by atoms with Gasteiger partial charge in [-0.2, -0.15) is 0 Å². The van der Waals surface area contributed by atoms with E-state index in [-0.39, 0.29) is 11.7 Å². The number of oxime groups is 1. The Labute approximate surface area is 168 Å². The van der Waals surface area contributed by atoms with Gasteiger partial charge in [-0.1, -0.05) is 29.4 Å². The molecule has 0 saturated heterocycles. The minimum atomic E-state index is -0.336. The molecule has 0 fully saturated rings. The molecular weight excluding hydrogens is 350 g/mol. The van der Waals surface area contributed by atoms with Crippen LogP contribution in [0.15, 0.2) is 47.6 Å². The van der Waals surface area contributed by atoms with Gasteiger partial charge in [0.15, 0.2) is 0 Å². The highest BCUT2D eigenvalue weighted by molar-refractivity contribution is 6.24. The second-order valence-electron chi connectivity index (χ2n) is 8.37. The van der Waals surface area contributed by atoms with Gasteiger partial charge in [-0.3, -0.25) is 0 Å². The molecule has 0 unspecified atom stereocenters. The molecule has 150 valence electrons. The summed E-state index contributed by atoms with van der Waals surface area (Å²) in [6.45, 7) is 11.6. The van der Waals surface area contributed by atoms with Crippen LogP contribution in [0.25, 0.3) is 11.1 Å². The summed E-state index contributed by atoms with van der Waals surface area (Å²) in [5, 5.41) is 4.50. The molecular formula is C24H31NO3. The molecule has 0 N–H and O–H groups in total. The summed E-state index contributed by atoms with van der Waals surface area (Å²) in [7, 11) is 0. The van der Waals surface area contributed by atoms with E-state index in [9.17, 15) is 0 Å². The van der Waals surface area contributed by atoms with Crippen molar-refractivity contribution in [1.29, 1.82) is 0 Å². The average Bonchev–Trinajstić information content (AvgIpc) is 2.95. The quantitative estimate of drug-likeness (QED) is 0.365. The van der Waals surface area contributed by atoms with Crippen molar-refractivity contribution in [1.82, 2.24) is 0 Å². The van der Waals surface area contributed by atoms with Gasteiger partial charge in [0, 0.05) is 17.7 Å². The molecule has 1 aliphatic carbocycles. The van der Waals surface area contributed by atoms with E-state index in [0.29, 0.717) is 6.61 Å². The number of hydrogen-bond acceptors (Lipinski definition) is 4. The van der Waals surface area contributed by atoms with Crippen molar-refractivity contribution in [3.05, 3.63) is 53.6 Å². The van der Waals surface area contributed by atoms with Crippen molar-refractivity contribution >= 4 is 5.71 Å². The first-order valence-corrected chi connectivity index (χ1v) is 10.1. The van der Waals surface area contributed by atoms with Crippen LogP contribution in [0.4, 0.5) is 0 Å². The predicted octanol–water partition coefficient (Wildman–Crippen LogP) is 5.82. The molecule has 0 heterocycles. The van der Waals surface area contributed by atoms with Crippen LogP contribution in [0.5, 0.6) is 5.75 Å². The summed E-state index contributed by atoms with van der Waals surface area (Å²) < 4.78 is 11.6. The SMILES string of the molecule is CC(C)OCCCCOc1ccc2c(c1)C(=NOC(C)(C)C)c1ccccc1-2. The van der Waals surface area contributed by atoms with Crippen LogP contribution < -0.4 is 4.74 Å². The number of hydrogen-bond donors (Lipinski definition) is 0. The van der Waals surface area contributed by atoms with Crippen LogP contribution in [0, 0.1) is 0 Å². The van der Waals surface area contributed by atoms with E-state index >= 15 is 0 Å². The maximum Gasteiger partial charge on any atom is 0.129 e. The number of benzene rings is 2. The molecule has 28 heavy (non-hydrogen) atoms. The molecule has 0 atom stereocenters. The van der Waals surface area contributed by atoms with Crippen LogP contribution in [0.1, 0.15) is 58.6 Å². The first kappa shape index (κ1) is 20.4. The second kappa shape index (κ2) is 8.78. The van der Waals surface area contributed by atoms with E-state index in [2.05, 4.69) is 49.3 Å². The average molecular weight is 382 g/mol. The largest absolute Gasteiger partial charge is 0.494 e. The van der Waals surface area contributed by atoms with Crippen LogP contribution in [0.3, 0.4) is 0 Å². The zero-order chi connectivity index (χ0) is 20.1. The van der Waals surface area contributed by atoms with Crippen molar-refractivity contribution in [2.24, 2.45) is 5.16 Å². The van der Waals surface area contributed by atoms with Crippen LogP contribution in [-0.4, -0.2) is 30.6 Å². The van der Waals surface area contributed by atoms with Gasteiger partial charge in [0.05, 0.1) is 12.7 Å². The molecule has 3 rings (SSSR count). The molecule has 4 heteroatoms. The van der Waals surface area contributed by atoms with Crippen molar-refractivity contribution in [2.45, 2.75) is 59.2 Å². The first-order chi connectivity index (χ1) is 13.3. The third kappa shape index (κ3) is 5.14. The molecule has 4 nitrogen and oxygen atoms in total. The number of nitrogens with zero attached hydrogens (tertiary/aromatic N) is 1. The highest BCUT2D eigenvalue weighted by Crippen LogP contribution is 2.39. The Balaban J connectivity index is 1.73. The van der Waals surface area contributed by atoms with Crippen molar-refractivity contribution in [3.8, 4) is 16.9 Å². The smallest absolute Gasteiger partial charge is 0.129 e. The standard InChI is InChI=1S/C24H31NO3/c1-17(2)26-14-8-9-15-27-18-12-13-20-19-10-6-7-11-21(19)23(22(20)16-18)25-28-24(3,4)5/h6-7,10-13,16-17H,8-9,14-15H2,1-5H3. The van der Waals surface area contributed by atoms with Gasteiger partial charge in [-0.15, -0.1) is 0 Å². The molecule has 0 bridgehead atoms. The van der Waals surface area contributed by atoms with Crippen LogP contribution >= 0.6 is 0 Å². The fraction of sp³-hybridized carbons (Fsp3) is 0.458. The van der Waals surface area contributed by atoms with E-state index < -0.39 is 0 Å². The highest BCUT2D eigenvalue weighted by atomic mass is 16.6. The van der Waals surface area contributed by atoms with Crippen molar-refractivity contribution < 1.29 is 14.3 Å². The Kier molecular flexibility index (Phi) is 6.40. The van der Waals surface area contributed by atoms with E-state index in [0.717, 1.165) is 42.0 Å². The Morgan fingerprint density at radius 3 is 2.25 bits per heavy atom. The summed E-state index contributed by atoms with van der Waals surface area (Å²) in [5.74, 6) is 0.861. The second-order valence-corrected chi connectivity index (χ2v) is 8.37. The molecule has 0 saturated carbocycles. The molecule has 2 aromatic rings. The monoisotopic (exact) mass is 381 g/mol. The lowest BCUT2D eigenvalue weighted by molar-refractivity contribution is 0.00121. The summed E-state index contributed by atoms with van der Waals surface area (Å²) in [5.41, 5.74) is 5.06. The fourth-order valence-electron chi connectivity index (χ4n) is 3.11. The zero-order valence-corrected chi connectivity index (χ0v) is 17.6. The van der Waals surface area contributed by atoms with E-state index in [1.807, 2.05) is 32.9 Å². The van der Waals surface area contributed by atoms with Gasteiger partial charge in [-0.05, 0) is 76.8 Å². The lowest BCUT2D eigenvalue weighted by atomic mass is 10.1. The fourth-order valence-corrected chi connectivity index (χ4v) is 3.11. The molecule has 0 amide bonds. The van der Waals surface area contributed by atoms with E-state index in [1.54, 1.807) is 0 Å². The summed E-state index contributed by atoms with van der Waals surface area (Å²) in [6.07, 6.45) is 2.26. The van der Waals surface area contributed by atoms with Gasteiger partial charge in [0.25, 0.3) is 0 Å². The van der Waals surface area contributed by atoms with Crippen molar-refractivity contribution in [2.75, 3.05) is 13.2 Å². The summed E-state index contributed by atoms with van der Waals surface area (Å²) in [6, 6.07) is 14.5. The number of fused-ring (bicyclic) bond motifs is 3. The Hall–Kier alpha value is -2.33. The van der Waals surface area contributed by atoms with Gasteiger partial charge in [-0.25, -0.2) is 0 Å². The maximum absolute atomic E-state index is 5.98. The number of ether oxygens (including phenoxy) is 2. The minimum Gasteiger partial charge on any atom is -0.494 e. The third-order valence-electron chi connectivity index (χ3n) is 4.39. The third-order valence-corrected chi connectivity index (χ3v) is 4.39. The lowest BCUT2D eigenvalue weighted by Gasteiger charge is -2.16. The van der Waals surface area contributed by atoms with Crippen LogP contribution in [-0.2, 0) is 9.57 Å². The topological polar surface area (TPSA) is 40.0 Å². The molecule has 2 aromatic carbocycles. The molecule has 0 radical (unpaired) electrons. The van der Waals surface area contributed by atoms with E-state index in [1.165, 1.54) is 11.1 Å². The molecule has 0 aliphatic heterocycles. The number of rotatable bonds is 8. The predicted molar refractivity (Wildman–Crippen MR) is 114 cm³/mol. The summed E-state index contributed by atoms with van der Waals surface area (Å²) in [4.78, 5) is 5.74. The molecule has 0 spiro atoms. The van der Waals surface area contributed by atoms with E-state index in [4.69, 9.17) is 14.3 Å². The molecule has 1 aliphatic rings. The normalized spacial score (nSPS) is 14.3. The van der Waals surface area contributed by atoms with Gasteiger partial charge in [0.1, 0.15) is 17.1 Å². The Morgan fingerprint density at radius 2 is 1.54 bits per heavy atom. The van der Waals surface area contributed by atoms with Crippen molar-refractivity contribution in [3.63, 3.8) is 0 Å². The maximum atomic E-state index is 5.98. The first-order valence-electron chi connectivity index (χ1n) is 10.1.